The van der Waals surface area contributed by atoms with Gasteiger partial charge >= 0.3 is 0 Å². The summed E-state index contributed by atoms with van der Waals surface area (Å²) < 4.78 is 11.3. The van der Waals surface area contributed by atoms with Gasteiger partial charge in [-0.2, -0.15) is 0 Å². The number of ether oxygens (including phenoxy) is 2. The topological polar surface area (TPSA) is 33.7 Å². The first-order valence-electron chi connectivity index (χ1n) is 8.03. The van der Waals surface area contributed by atoms with E-state index >= 15 is 0 Å². The van der Waals surface area contributed by atoms with E-state index in [4.69, 9.17) is 9.47 Å². The van der Waals surface area contributed by atoms with Crippen LogP contribution in [0.4, 0.5) is 0 Å². The average molecular weight is 290 g/mol. The summed E-state index contributed by atoms with van der Waals surface area (Å²) in [5.41, 5.74) is 1.27. The Kier molecular flexibility index (Phi) is 4.36. The Bertz CT molecular complexity index is 490. The minimum absolute atomic E-state index is 0.331. The van der Waals surface area contributed by atoms with E-state index < -0.39 is 0 Å². The van der Waals surface area contributed by atoms with Crippen LogP contribution >= 0.6 is 0 Å². The lowest BCUT2D eigenvalue weighted by Crippen LogP contribution is -2.36. The van der Waals surface area contributed by atoms with E-state index in [-0.39, 0.29) is 0 Å². The lowest BCUT2D eigenvalue weighted by Gasteiger charge is -2.24. The molecular weight excluding hydrogens is 264 g/mol. The molecule has 2 aliphatic heterocycles. The fourth-order valence-electron chi connectivity index (χ4n) is 3.17. The summed E-state index contributed by atoms with van der Waals surface area (Å²) in [4.78, 5) is 2.54. The van der Waals surface area contributed by atoms with Crippen molar-refractivity contribution in [2.75, 3.05) is 26.3 Å². The standard InChI is InChI=1S/C17H26N2O2/c1-12(2)19-7-6-15(11-19)18-13(3)14-4-5-16-17(10-14)21-9-8-20-16/h4-5,10,12-13,15,18H,6-9,11H2,1-3H3. The fourth-order valence-corrected chi connectivity index (χ4v) is 3.17. The van der Waals surface area contributed by atoms with Gasteiger partial charge in [0.05, 0.1) is 0 Å². The van der Waals surface area contributed by atoms with Crippen molar-refractivity contribution in [3.05, 3.63) is 23.8 Å². The van der Waals surface area contributed by atoms with Gasteiger partial charge in [0, 0.05) is 24.7 Å². The number of likely N-dealkylation sites (tertiary alicyclic amines) is 1. The van der Waals surface area contributed by atoms with E-state index in [1.165, 1.54) is 18.5 Å². The smallest absolute Gasteiger partial charge is 0.161 e. The molecule has 3 rings (SSSR count). The molecule has 0 saturated carbocycles. The molecule has 1 aromatic carbocycles. The Labute approximate surface area is 127 Å². The summed E-state index contributed by atoms with van der Waals surface area (Å²) in [6.07, 6.45) is 1.23. The second kappa shape index (κ2) is 6.24. The molecule has 1 fully saturated rings. The first kappa shape index (κ1) is 14.7. The second-order valence-electron chi connectivity index (χ2n) is 6.37. The second-order valence-corrected chi connectivity index (χ2v) is 6.37. The molecule has 2 atom stereocenters. The maximum Gasteiger partial charge on any atom is 0.161 e. The van der Waals surface area contributed by atoms with Gasteiger partial charge in [-0.25, -0.2) is 0 Å². The quantitative estimate of drug-likeness (QED) is 0.924. The van der Waals surface area contributed by atoms with Crippen LogP contribution in [0.15, 0.2) is 18.2 Å². The number of nitrogens with one attached hydrogen (secondary N) is 1. The van der Waals surface area contributed by atoms with Gasteiger partial charge in [-0.05, 0) is 51.4 Å². The number of benzene rings is 1. The van der Waals surface area contributed by atoms with Crippen LogP contribution < -0.4 is 14.8 Å². The average Bonchev–Trinajstić information content (AvgIpc) is 2.95. The van der Waals surface area contributed by atoms with Crippen molar-refractivity contribution in [2.24, 2.45) is 0 Å². The summed E-state index contributed by atoms with van der Waals surface area (Å²) in [5.74, 6) is 1.74. The van der Waals surface area contributed by atoms with Gasteiger partial charge in [0.25, 0.3) is 0 Å². The van der Waals surface area contributed by atoms with Crippen molar-refractivity contribution < 1.29 is 9.47 Å². The van der Waals surface area contributed by atoms with Crippen LogP contribution in [0.1, 0.15) is 38.8 Å². The highest BCUT2D eigenvalue weighted by Crippen LogP contribution is 2.32. The number of nitrogens with zero attached hydrogens (tertiary/aromatic N) is 1. The van der Waals surface area contributed by atoms with Gasteiger partial charge in [-0.15, -0.1) is 0 Å². The molecule has 1 saturated heterocycles. The van der Waals surface area contributed by atoms with Crippen LogP contribution in [0.5, 0.6) is 11.5 Å². The molecule has 0 amide bonds. The first-order valence-corrected chi connectivity index (χ1v) is 8.03. The summed E-state index contributed by atoms with van der Waals surface area (Å²) in [6.45, 7) is 10.4. The van der Waals surface area contributed by atoms with E-state index in [1.807, 2.05) is 6.07 Å². The molecule has 0 spiro atoms. The summed E-state index contributed by atoms with van der Waals surface area (Å²) in [5, 5.41) is 3.75. The molecular formula is C17H26N2O2. The number of rotatable bonds is 4. The van der Waals surface area contributed by atoms with Gasteiger partial charge in [-0.1, -0.05) is 6.07 Å². The van der Waals surface area contributed by atoms with Gasteiger partial charge in [0.2, 0.25) is 0 Å². The van der Waals surface area contributed by atoms with Crippen LogP contribution in [0.2, 0.25) is 0 Å². The molecule has 0 radical (unpaired) electrons. The zero-order valence-corrected chi connectivity index (χ0v) is 13.3. The SMILES string of the molecule is CC(NC1CCN(C(C)C)C1)c1ccc2c(c1)OCCO2. The Hall–Kier alpha value is -1.26. The summed E-state index contributed by atoms with van der Waals surface area (Å²) >= 11 is 0. The number of hydrogen-bond acceptors (Lipinski definition) is 4. The van der Waals surface area contributed by atoms with Gasteiger partial charge in [0.15, 0.2) is 11.5 Å². The molecule has 4 nitrogen and oxygen atoms in total. The van der Waals surface area contributed by atoms with Crippen molar-refractivity contribution in [1.82, 2.24) is 10.2 Å². The van der Waals surface area contributed by atoms with E-state index in [2.05, 4.69) is 43.1 Å². The van der Waals surface area contributed by atoms with Crippen molar-refractivity contribution in [2.45, 2.75) is 45.3 Å². The molecule has 21 heavy (non-hydrogen) atoms. The van der Waals surface area contributed by atoms with Crippen LogP contribution in [0.25, 0.3) is 0 Å². The molecule has 2 heterocycles. The molecule has 1 N–H and O–H groups in total. The molecule has 0 bridgehead atoms. The third kappa shape index (κ3) is 3.33. The highest BCUT2D eigenvalue weighted by Gasteiger charge is 2.25. The maximum atomic E-state index is 5.67. The molecule has 4 heteroatoms. The van der Waals surface area contributed by atoms with Crippen LogP contribution in [-0.2, 0) is 0 Å². The molecule has 2 unspecified atom stereocenters. The Morgan fingerprint density at radius 2 is 1.90 bits per heavy atom. The lowest BCUT2D eigenvalue weighted by atomic mass is 10.1. The van der Waals surface area contributed by atoms with Crippen molar-refractivity contribution in [1.29, 1.82) is 0 Å². The van der Waals surface area contributed by atoms with Gasteiger partial charge < -0.3 is 14.8 Å². The monoisotopic (exact) mass is 290 g/mol. The van der Waals surface area contributed by atoms with Crippen LogP contribution in [0.3, 0.4) is 0 Å². The Morgan fingerprint density at radius 1 is 1.14 bits per heavy atom. The zero-order chi connectivity index (χ0) is 14.8. The molecule has 1 aromatic rings. The van der Waals surface area contributed by atoms with Gasteiger partial charge in [0.1, 0.15) is 13.2 Å². The lowest BCUT2D eigenvalue weighted by molar-refractivity contribution is 0.171. The first-order chi connectivity index (χ1) is 10.1. The highest BCUT2D eigenvalue weighted by molar-refractivity contribution is 5.44. The minimum atomic E-state index is 0.331. The van der Waals surface area contributed by atoms with Crippen LogP contribution in [-0.4, -0.2) is 43.3 Å². The van der Waals surface area contributed by atoms with Crippen LogP contribution in [0, 0.1) is 0 Å². The predicted octanol–water partition coefficient (Wildman–Crippen LogP) is 2.59. The third-order valence-corrected chi connectivity index (χ3v) is 4.50. The molecule has 116 valence electrons. The Balaban J connectivity index is 1.62. The summed E-state index contributed by atoms with van der Waals surface area (Å²) in [7, 11) is 0. The van der Waals surface area contributed by atoms with E-state index in [0.717, 1.165) is 18.0 Å². The van der Waals surface area contributed by atoms with E-state index in [1.54, 1.807) is 0 Å². The van der Waals surface area contributed by atoms with Crippen molar-refractivity contribution in [3.63, 3.8) is 0 Å². The summed E-state index contributed by atoms with van der Waals surface area (Å²) in [6, 6.07) is 7.83. The Morgan fingerprint density at radius 3 is 2.62 bits per heavy atom. The zero-order valence-electron chi connectivity index (χ0n) is 13.3. The third-order valence-electron chi connectivity index (χ3n) is 4.50. The maximum absolute atomic E-state index is 5.67. The van der Waals surface area contributed by atoms with E-state index in [0.29, 0.717) is 31.3 Å². The van der Waals surface area contributed by atoms with Crippen molar-refractivity contribution in [3.8, 4) is 11.5 Å². The normalized spacial score (nSPS) is 23.5. The highest BCUT2D eigenvalue weighted by atomic mass is 16.6. The molecule has 2 aliphatic rings. The van der Waals surface area contributed by atoms with E-state index in [9.17, 15) is 0 Å². The minimum Gasteiger partial charge on any atom is -0.486 e. The molecule has 0 aliphatic carbocycles. The predicted molar refractivity (Wildman–Crippen MR) is 84.1 cm³/mol. The fraction of sp³-hybridized carbons (Fsp3) is 0.647. The van der Waals surface area contributed by atoms with Gasteiger partial charge in [-0.3, -0.25) is 4.90 Å². The number of hydrogen-bond donors (Lipinski definition) is 1. The largest absolute Gasteiger partial charge is 0.486 e. The molecule has 0 aromatic heterocycles. The van der Waals surface area contributed by atoms with Crippen molar-refractivity contribution >= 4 is 0 Å². The number of fused-ring (bicyclic) bond motifs is 1.